The van der Waals surface area contributed by atoms with Crippen LogP contribution in [0.2, 0.25) is 0 Å². The Morgan fingerprint density at radius 1 is 1.00 bits per heavy atom. The molecule has 7 nitrogen and oxygen atoms in total. The first kappa shape index (κ1) is 19.7. The van der Waals surface area contributed by atoms with Gasteiger partial charge in [0.2, 0.25) is 11.8 Å². The molecule has 7 heteroatoms. The van der Waals surface area contributed by atoms with Gasteiger partial charge in [-0.2, -0.15) is 0 Å². The number of aromatic hydroxyl groups is 1. The Kier molecular flexibility index (Phi) is 6.47. The molecule has 0 saturated carbocycles. The molecule has 1 aromatic carbocycles. The van der Waals surface area contributed by atoms with Crippen molar-refractivity contribution in [2.24, 2.45) is 0 Å². The fraction of sp³-hybridized carbons (Fsp3) is 0.381. The van der Waals surface area contributed by atoms with Gasteiger partial charge in [0.1, 0.15) is 23.6 Å². The molecule has 2 atom stereocenters. The Morgan fingerprint density at radius 2 is 1.68 bits per heavy atom. The molecule has 2 heterocycles. The third-order valence-corrected chi connectivity index (χ3v) is 4.62. The SMILES string of the molecule is CCCCOc1ccc(CC2NC(=O)C(Cc3ccc(O)cc3)NC2=O)nc1. The number of phenolic OH excluding ortho intramolecular Hbond substituents is 1. The molecule has 2 amide bonds. The third kappa shape index (κ3) is 5.22. The fourth-order valence-electron chi connectivity index (χ4n) is 2.99. The van der Waals surface area contributed by atoms with Gasteiger partial charge in [-0.15, -0.1) is 0 Å². The summed E-state index contributed by atoms with van der Waals surface area (Å²) in [4.78, 5) is 29.1. The van der Waals surface area contributed by atoms with E-state index in [9.17, 15) is 14.7 Å². The van der Waals surface area contributed by atoms with Gasteiger partial charge >= 0.3 is 0 Å². The second-order valence-electron chi connectivity index (χ2n) is 6.88. The lowest BCUT2D eigenvalue weighted by Gasteiger charge is -2.29. The number of nitrogens with one attached hydrogen (secondary N) is 2. The molecule has 0 radical (unpaired) electrons. The van der Waals surface area contributed by atoms with Crippen LogP contribution >= 0.6 is 0 Å². The molecule has 3 rings (SSSR count). The van der Waals surface area contributed by atoms with Crippen LogP contribution < -0.4 is 15.4 Å². The number of carbonyl (C=O) groups excluding carboxylic acids is 2. The number of hydrogen-bond donors (Lipinski definition) is 3. The maximum atomic E-state index is 12.4. The maximum Gasteiger partial charge on any atom is 0.243 e. The number of carbonyl (C=O) groups is 2. The second-order valence-corrected chi connectivity index (χ2v) is 6.88. The predicted molar refractivity (Wildman–Crippen MR) is 104 cm³/mol. The van der Waals surface area contributed by atoms with Gasteiger partial charge in [-0.05, 0) is 36.2 Å². The Morgan fingerprint density at radius 3 is 2.29 bits per heavy atom. The molecular formula is C21H25N3O4. The van der Waals surface area contributed by atoms with E-state index in [1.54, 1.807) is 30.5 Å². The molecular weight excluding hydrogens is 358 g/mol. The van der Waals surface area contributed by atoms with Crippen LogP contribution in [0.4, 0.5) is 0 Å². The largest absolute Gasteiger partial charge is 0.508 e. The lowest BCUT2D eigenvalue weighted by molar-refractivity contribution is -0.136. The molecule has 1 saturated heterocycles. The van der Waals surface area contributed by atoms with Crippen LogP contribution in [0.3, 0.4) is 0 Å². The summed E-state index contributed by atoms with van der Waals surface area (Å²) in [5, 5.41) is 14.9. The van der Waals surface area contributed by atoms with Crippen LogP contribution in [0.5, 0.6) is 11.5 Å². The van der Waals surface area contributed by atoms with Crippen molar-refractivity contribution in [1.29, 1.82) is 0 Å². The summed E-state index contributed by atoms with van der Waals surface area (Å²) in [5.41, 5.74) is 1.57. The summed E-state index contributed by atoms with van der Waals surface area (Å²) >= 11 is 0. The molecule has 0 spiro atoms. The van der Waals surface area contributed by atoms with Crippen LogP contribution in [0, 0.1) is 0 Å². The van der Waals surface area contributed by atoms with E-state index in [1.165, 1.54) is 0 Å². The first-order valence-electron chi connectivity index (χ1n) is 9.51. The van der Waals surface area contributed by atoms with Crippen molar-refractivity contribution >= 4 is 11.8 Å². The van der Waals surface area contributed by atoms with E-state index in [-0.39, 0.29) is 17.6 Å². The number of unbranched alkanes of at least 4 members (excludes halogenated alkanes) is 1. The number of amides is 2. The normalized spacial score (nSPS) is 19.0. The lowest BCUT2D eigenvalue weighted by Crippen LogP contribution is -2.62. The topological polar surface area (TPSA) is 101 Å². The maximum absolute atomic E-state index is 12.4. The summed E-state index contributed by atoms with van der Waals surface area (Å²) in [5.74, 6) is 0.407. The standard InChI is InChI=1S/C21H25N3O4/c1-2-3-10-28-17-9-6-15(22-13-17)12-19-21(27)23-18(20(26)24-19)11-14-4-7-16(25)8-5-14/h4-9,13,18-19,25H,2-3,10-12H2,1H3,(H,23,27)(H,24,26). The summed E-state index contributed by atoms with van der Waals surface area (Å²) in [6.45, 7) is 2.75. The second kappa shape index (κ2) is 9.21. The summed E-state index contributed by atoms with van der Waals surface area (Å²) in [7, 11) is 0. The van der Waals surface area contributed by atoms with Crippen LogP contribution in [0.15, 0.2) is 42.6 Å². The lowest BCUT2D eigenvalue weighted by atomic mass is 10.00. The van der Waals surface area contributed by atoms with Crippen molar-refractivity contribution in [3.63, 3.8) is 0 Å². The van der Waals surface area contributed by atoms with Gasteiger partial charge < -0.3 is 20.5 Å². The van der Waals surface area contributed by atoms with E-state index in [0.29, 0.717) is 30.9 Å². The highest BCUT2D eigenvalue weighted by atomic mass is 16.5. The Bertz CT molecular complexity index is 805. The molecule has 2 unspecified atom stereocenters. The minimum atomic E-state index is -0.650. The number of benzene rings is 1. The Hall–Kier alpha value is -3.09. The number of rotatable bonds is 8. The van der Waals surface area contributed by atoms with Crippen molar-refractivity contribution in [3.8, 4) is 11.5 Å². The van der Waals surface area contributed by atoms with E-state index >= 15 is 0 Å². The molecule has 2 aromatic rings. The highest BCUT2D eigenvalue weighted by Gasteiger charge is 2.33. The van der Waals surface area contributed by atoms with E-state index in [1.807, 2.05) is 12.1 Å². The number of hydrogen-bond acceptors (Lipinski definition) is 5. The molecule has 0 aliphatic carbocycles. The van der Waals surface area contributed by atoms with Gasteiger partial charge in [0, 0.05) is 18.5 Å². The van der Waals surface area contributed by atoms with Crippen LogP contribution in [-0.2, 0) is 22.4 Å². The molecule has 0 bridgehead atoms. The zero-order valence-corrected chi connectivity index (χ0v) is 15.9. The van der Waals surface area contributed by atoms with Crippen molar-refractivity contribution in [1.82, 2.24) is 15.6 Å². The quantitative estimate of drug-likeness (QED) is 0.603. The average molecular weight is 383 g/mol. The monoisotopic (exact) mass is 383 g/mol. The van der Waals surface area contributed by atoms with Gasteiger partial charge in [-0.25, -0.2) is 0 Å². The zero-order valence-electron chi connectivity index (χ0n) is 15.9. The number of pyridine rings is 1. The third-order valence-electron chi connectivity index (χ3n) is 4.62. The van der Waals surface area contributed by atoms with Crippen LogP contribution in [0.1, 0.15) is 31.0 Å². The number of phenols is 1. The molecule has 3 N–H and O–H groups in total. The highest BCUT2D eigenvalue weighted by molar-refractivity contribution is 5.97. The van der Waals surface area contributed by atoms with Crippen molar-refractivity contribution in [3.05, 3.63) is 53.9 Å². The Balaban J connectivity index is 1.54. The van der Waals surface area contributed by atoms with Gasteiger partial charge in [-0.1, -0.05) is 25.5 Å². The zero-order chi connectivity index (χ0) is 19.9. The number of piperazine rings is 1. The van der Waals surface area contributed by atoms with Crippen molar-refractivity contribution in [2.75, 3.05) is 6.61 Å². The van der Waals surface area contributed by atoms with Crippen molar-refractivity contribution < 1.29 is 19.4 Å². The fourth-order valence-corrected chi connectivity index (χ4v) is 2.99. The van der Waals surface area contributed by atoms with E-state index in [4.69, 9.17) is 4.74 Å². The smallest absolute Gasteiger partial charge is 0.243 e. The molecule has 28 heavy (non-hydrogen) atoms. The summed E-state index contributed by atoms with van der Waals surface area (Å²) in [6, 6.07) is 8.93. The van der Waals surface area contributed by atoms with E-state index in [0.717, 1.165) is 18.4 Å². The molecule has 1 aromatic heterocycles. The average Bonchev–Trinajstić information content (AvgIpc) is 2.69. The van der Waals surface area contributed by atoms with Gasteiger partial charge in [0.15, 0.2) is 0 Å². The summed E-state index contributed by atoms with van der Waals surface area (Å²) < 4.78 is 5.58. The molecule has 1 aliphatic heterocycles. The minimum Gasteiger partial charge on any atom is -0.508 e. The highest BCUT2D eigenvalue weighted by Crippen LogP contribution is 2.15. The van der Waals surface area contributed by atoms with Crippen LogP contribution in [0.25, 0.3) is 0 Å². The molecule has 1 fully saturated rings. The molecule has 148 valence electrons. The van der Waals surface area contributed by atoms with Crippen LogP contribution in [-0.4, -0.2) is 40.6 Å². The van der Waals surface area contributed by atoms with Gasteiger partial charge in [0.05, 0.1) is 12.8 Å². The number of nitrogens with zero attached hydrogens (tertiary/aromatic N) is 1. The van der Waals surface area contributed by atoms with E-state index in [2.05, 4.69) is 22.5 Å². The number of aromatic nitrogens is 1. The van der Waals surface area contributed by atoms with Gasteiger partial charge in [-0.3, -0.25) is 14.6 Å². The van der Waals surface area contributed by atoms with E-state index < -0.39 is 12.1 Å². The van der Waals surface area contributed by atoms with Crippen molar-refractivity contribution in [2.45, 2.75) is 44.7 Å². The Labute approximate surface area is 164 Å². The van der Waals surface area contributed by atoms with Gasteiger partial charge in [0.25, 0.3) is 0 Å². The first-order valence-corrected chi connectivity index (χ1v) is 9.51. The minimum absolute atomic E-state index is 0.162. The molecule has 1 aliphatic rings. The summed E-state index contributed by atoms with van der Waals surface area (Å²) in [6.07, 6.45) is 4.38. The number of ether oxygens (including phenoxy) is 1. The predicted octanol–water partition coefficient (Wildman–Crippen LogP) is 1.73. The first-order chi connectivity index (χ1) is 13.5.